The Kier molecular flexibility index (Phi) is 13.6. The molecule has 12 nitrogen and oxygen atoms in total. The van der Waals surface area contributed by atoms with Gasteiger partial charge in [-0.3, -0.25) is 14.4 Å². The number of hydrogen-bond donors (Lipinski definition) is 3. The Morgan fingerprint density at radius 3 is 2.30 bits per heavy atom. The maximum Gasteiger partial charge on any atom is 0.408 e. The molecular formula is C42H51ClN4O8S. The number of halogens is 1. The van der Waals surface area contributed by atoms with Gasteiger partial charge >= 0.3 is 6.09 Å². The number of fused-ring (bicyclic) bond motifs is 1. The molecule has 0 radical (unpaired) electrons. The second-order valence-corrected chi connectivity index (χ2v) is 17.2. The predicted octanol–water partition coefficient (Wildman–Crippen LogP) is 7.33. The molecule has 4 amide bonds. The number of benzene rings is 3. The minimum atomic E-state index is -4.20. The first-order valence-electron chi connectivity index (χ1n) is 19.7. The van der Waals surface area contributed by atoms with Crippen LogP contribution in [0.3, 0.4) is 0 Å². The average molecular weight is 807 g/mol. The minimum absolute atomic E-state index is 0.0532. The first-order valence-corrected chi connectivity index (χ1v) is 21.6. The van der Waals surface area contributed by atoms with E-state index in [1.165, 1.54) is 17.0 Å². The fraction of sp³-hybridized carbons (Fsp3) is 0.476. The molecule has 2 fully saturated rings. The van der Waals surface area contributed by atoms with E-state index in [0.29, 0.717) is 29.4 Å². The fourth-order valence-corrected chi connectivity index (χ4v) is 8.66. The smallest absolute Gasteiger partial charge is 0.408 e. The molecule has 3 aliphatic rings. The first kappa shape index (κ1) is 41.0. The second-order valence-electron chi connectivity index (χ2n) is 15.1. The van der Waals surface area contributed by atoms with Crippen LogP contribution in [-0.4, -0.2) is 60.9 Å². The molecule has 0 aromatic heterocycles. The van der Waals surface area contributed by atoms with Crippen molar-refractivity contribution in [3.8, 4) is 11.5 Å². The van der Waals surface area contributed by atoms with Gasteiger partial charge in [0.15, 0.2) is 0 Å². The Morgan fingerprint density at radius 1 is 0.875 bits per heavy atom. The lowest BCUT2D eigenvalue weighted by Gasteiger charge is -2.38. The number of carbonyl (C=O) groups excluding carboxylic acids is 4. The van der Waals surface area contributed by atoms with Crippen LogP contribution in [0.2, 0.25) is 5.02 Å². The molecule has 3 N–H and O–H groups in total. The van der Waals surface area contributed by atoms with Crippen LogP contribution in [0.15, 0.2) is 77.7 Å². The monoisotopic (exact) mass is 806 g/mol. The lowest BCUT2D eigenvalue weighted by Crippen LogP contribution is -2.60. The molecule has 2 aliphatic carbocycles. The predicted molar refractivity (Wildman–Crippen MR) is 212 cm³/mol. The summed E-state index contributed by atoms with van der Waals surface area (Å²) in [6, 6.07) is 17.9. The van der Waals surface area contributed by atoms with Crippen molar-refractivity contribution in [2.75, 3.05) is 0 Å². The summed E-state index contributed by atoms with van der Waals surface area (Å²) in [6.07, 6.45) is 9.43. The van der Waals surface area contributed by atoms with E-state index in [1.807, 2.05) is 12.1 Å². The molecule has 2 saturated carbocycles. The summed E-state index contributed by atoms with van der Waals surface area (Å²) in [5.74, 6) is -0.862. The van der Waals surface area contributed by atoms with Gasteiger partial charge in [0.25, 0.3) is 15.9 Å². The van der Waals surface area contributed by atoms with Crippen molar-refractivity contribution in [2.45, 2.75) is 132 Å². The van der Waals surface area contributed by atoms with Crippen LogP contribution >= 0.6 is 11.6 Å². The quantitative estimate of drug-likeness (QED) is 0.120. The van der Waals surface area contributed by atoms with Crippen molar-refractivity contribution < 1.29 is 37.1 Å². The molecule has 0 saturated heterocycles. The maximum atomic E-state index is 14.6. The summed E-state index contributed by atoms with van der Waals surface area (Å²) in [6.45, 7) is 2.20. The summed E-state index contributed by atoms with van der Waals surface area (Å²) >= 11 is 6.17. The summed E-state index contributed by atoms with van der Waals surface area (Å²) < 4.78 is 40.0. The van der Waals surface area contributed by atoms with Crippen LogP contribution in [0, 0.1) is 0 Å². The number of ether oxygens (including phenoxy) is 2. The SMILES string of the molecule is CCCCCCCC[C@H](NC(=O)OC1CCCC1)C(=O)N1Cc2ccc(Oc3cccc(Cl)c3)cc2CC1C(=O)NC1(C(=O)NS(=O)(=O)c2ccccc2)CC1. The first-order chi connectivity index (χ1) is 27.0. The normalized spacial score (nSPS) is 18.0. The molecule has 1 unspecified atom stereocenters. The van der Waals surface area contributed by atoms with Crippen LogP contribution in [0.25, 0.3) is 0 Å². The molecule has 6 rings (SSSR count). The molecule has 3 aromatic carbocycles. The van der Waals surface area contributed by atoms with E-state index in [4.69, 9.17) is 21.1 Å². The molecule has 0 bridgehead atoms. The summed E-state index contributed by atoms with van der Waals surface area (Å²) in [7, 11) is -4.20. The highest BCUT2D eigenvalue weighted by molar-refractivity contribution is 7.90. The Bertz CT molecular complexity index is 1980. The van der Waals surface area contributed by atoms with Crippen molar-refractivity contribution in [3.63, 3.8) is 0 Å². The summed E-state index contributed by atoms with van der Waals surface area (Å²) in [4.78, 5) is 57.1. The van der Waals surface area contributed by atoms with E-state index in [0.717, 1.165) is 68.9 Å². The van der Waals surface area contributed by atoms with Crippen LogP contribution < -0.4 is 20.1 Å². The van der Waals surface area contributed by atoms with Crippen molar-refractivity contribution in [1.29, 1.82) is 0 Å². The van der Waals surface area contributed by atoms with E-state index in [2.05, 4.69) is 22.3 Å². The third-order valence-electron chi connectivity index (χ3n) is 10.8. The standard InChI is InChI=1S/C42H51ClN4O8S/c1-2-3-4-5-6-10-20-36(44-41(51)55-32-15-11-12-16-32)39(49)47-28-29-21-22-34(54-33-17-13-14-31(43)27-33)25-30(29)26-37(47)38(48)45-42(23-24-42)40(50)46-56(52,53)35-18-8-7-9-19-35/h7-9,13-14,17-19,21-22,25,27,32,36-37H,2-6,10-12,15-16,20,23-24,26,28H2,1H3,(H,44,51)(H,45,48)(H,46,50)/t36-,37?/m0/s1. The molecular weight excluding hydrogens is 756 g/mol. The third kappa shape index (κ3) is 10.6. The Hall–Kier alpha value is -4.62. The Balaban J connectivity index is 1.25. The molecule has 1 heterocycles. The van der Waals surface area contributed by atoms with Gasteiger partial charge in [0.1, 0.15) is 35.2 Å². The fourth-order valence-electron chi connectivity index (χ4n) is 7.41. The number of nitrogens with one attached hydrogen (secondary N) is 3. The van der Waals surface area contributed by atoms with E-state index in [1.54, 1.807) is 48.5 Å². The number of nitrogens with zero attached hydrogens (tertiary/aromatic N) is 1. The van der Waals surface area contributed by atoms with Crippen molar-refractivity contribution in [2.24, 2.45) is 0 Å². The Morgan fingerprint density at radius 2 is 1.59 bits per heavy atom. The van der Waals surface area contributed by atoms with Gasteiger partial charge in [-0.1, -0.05) is 87.4 Å². The molecule has 56 heavy (non-hydrogen) atoms. The number of amides is 4. The number of carbonyl (C=O) groups is 4. The number of alkyl carbamates (subject to hydrolysis) is 1. The average Bonchev–Trinajstić information content (AvgIpc) is 3.79. The van der Waals surface area contributed by atoms with Gasteiger partial charge in [-0.05, 0) is 98.5 Å². The molecule has 1 aliphatic heterocycles. The van der Waals surface area contributed by atoms with Crippen LogP contribution in [-0.2, 0) is 42.1 Å². The number of rotatable bonds is 17. The summed E-state index contributed by atoms with van der Waals surface area (Å²) in [5, 5.41) is 6.17. The maximum absolute atomic E-state index is 14.6. The van der Waals surface area contributed by atoms with Gasteiger partial charge in [-0.15, -0.1) is 0 Å². The minimum Gasteiger partial charge on any atom is -0.457 e. The van der Waals surface area contributed by atoms with Gasteiger partial charge in [0, 0.05) is 18.0 Å². The zero-order valence-corrected chi connectivity index (χ0v) is 33.3. The highest BCUT2D eigenvalue weighted by atomic mass is 35.5. The van der Waals surface area contributed by atoms with E-state index in [9.17, 15) is 27.6 Å². The lowest BCUT2D eigenvalue weighted by atomic mass is 9.91. The van der Waals surface area contributed by atoms with E-state index >= 15 is 0 Å². The van der Waals surface area contributed by atoms with E-state index < -0.39 is 51.5 Å². The third-order valence-corrected chi connectivity index (χ3v) is 12.3. The van der Waals surface area contributed by atoms with Crippen molar-refractivity contribution in [3.05, 3.63) is 88.9 Å². The van der Waals surface area contributed by atoms with Gasteiger partial charge in [0.2, 0.25) is 11.8 Å². The number of unbranched alkanes of at least 4 members (excludes halogenated alkanes) is 5. The van der Waals surface area contributed by atoms with E-state index in [-0.39, 0.29) is 36.8 Å². The largest absolute Gasteiger partial charge is 0.457 e. The second kappa shape index (κ2) is 18.5. The highest BCUT2D eigenvalue weighted by Gasteiger charge is 2.54. The van der Waals surface area contributed by atoms with Crippen molar-refractivity contribution >= 4 is 45.4 Å². The zero-order valence-electron chi connectivity index (χ0n) is 31.8. The molecule has 3 aromatic rings. The number of hydrogen-bond acceptors (Lipinski definition) is 8. The summed E-state index contributed by atoms with van der Waals surface area (Å²) in [5.41, 5.74) is 0.0865. The number of sulfonamides is 1. The zero-order chi connectivity index (χ0) is 39.7. The Labute approximate surface area is 334 Å². The highest BCUT2D eigenvalue weighted by Crippen LogP contribution is 2.37. The van der Waals surface area contributed by atoms with Crippen LogP contribution in [0.5, 0.6) is 11.5 Å². The molecule has 2 atom stereocenters. The van der Waals surface area contributed by atoms with Gasteiger partial charge in [-0.25, -0.2) is 17.9 Å². The molecule has 14 heteroatoms. The molecule has 300 valence electrons. The topological polar surface area (TPSA) is 160 Å². The van der Waals surface area contributed by atoms with Crippen LogP contribution in [0.1, 0.15) is 102 Å². The lowest BCUT2D eigenvalue weighted by molar-refractivity contribution is -0.144. The van der Waals surface area contributed by atoms with Gasteiger partial charge in [-0.2, -0.15) is 0 Å². The van der Waals surface area contributed by atoms with Crippen LogP contribution in [0.4, 0.5) is 4.79 Å². The van der Waals surface area contributed by atoms with Gasteiger partial charge in [0.05, 0.1) is 4.90 Å². The van der Waals surface area contributed by atoms with Gasteiger partial charge < -0.3 is 25.0 Å². The van der Waals surface area contributed by atoms with Crippen molar-refractivity contribution in [1.82, 2.24) is 20.3 Å². The molecule has 0 spiro atoms.